The van der Waals surface area contributed by atoms with E-state index >= 15 is 0 Å². The van der Waals surface area contributed by atoms with Gasteiger partial charge in [0.1, 0.15) is 5.15 Å². The number of nitrogens with two attached hydrogens (primary N) is 1. The van der Waals surface area contributed by atoms with E-state index in [9.17, 15) is 5.11 Å². The maximum absolute atomic E-state index is 9.72. The average molecular weight is 201 g/mol. The summed E-state index contributed by atoms with van der Waals surface area (Å²) in [5, 5.41) is 10.0. The number of nitrogens with zero attached hydrogens (tertiary/aromatic N) is 1. The van der Waals surface area contributed by atoms with Crippen LogP contribution in [-0.2, 0) is 0 Å². The average Bonchev–Trinajstić information content (AvgIpc) is 2.16. The van der Waals surface area contributed by atoms with Gasteiger partial charge in [0.15, 0.2) is 0 Å². The topological polar surface area (TPSA) is 59.1 Å². The van der Waals surface area contributed by atoms with Crippen molar-refractivity contribution in [2.45, 2.75) is 25.5 Å². The lowest BCUT2D eigenvalue weighted by Gasteiger charge is -2.17. The highest BCUT2D eigenvalue weighted by molar-refractivity contribution is 6.30. The minimum absolute atomic E-state index is 0.290. The lowest BCUT2D eigenvalue weighted by Crippen LogP contribution is -2.27. The van der Waals surface area contributed by atoms with Crippen LogP contribution in [0.1, 0.15) is 25.0 Å². The predicted octanol–water partition coefficient (Wildman–Crippen LogP) is 1.51. The van der Waals surface area contributed by atoms with Gasteiger partial charge in [-0.25, -0.2) is 4.98 Å². The summed E-state index contributed by atoms with van der Waals surface area (Å²) < 4.78 is 0. The standard InChI is InChI=1S/C9H13ClN2O/c1-2-7(11)8(13)6-4-3-5-12-9(6)10/h3-5,7-8,13H,2,11H2,1H3/t7-,8+/m0/s1. The molecule has 0 saturated carbocycles. The van der Waals surface area contributed by atoms with E-state index in [4.69, 9.17) is 17.3 Å². The zero-order chi connectivity index (χ0) is 9.84. The SMILES string of the molecule is CC[C@H](N)[C@H](O)c1cccnc1Cl. The van der Waals surface area contributed by atoms with Gasteiger partial charge in [0.25, 0.3) is 0 Å². The van der Waals surface area contributed by atoms with E-state index in [0.717, 1.165) is 0 Å². The second-order valence-electron chi connectivity index (χ2n) is 2.90. The number of aliphatic hydroxyl groups excluding tert-OH is 1. The molecule has 0 fully saturated rings. The van der Waals surface area contributed by atoms with Crippen molar-refractivity contribution in [3.8, 4) is 0 Å². The second kappa shape index (κ2) is 4.56. The van der Waals surface area contributed by atoms with Crippen molar-refractivity contribution in [2.75, 3.05) is 0 Å². The monoisotopic (exact) mass is 200 g/mol. The van der Waals surface area contributed by atoms with Crippen molar-refractivity contribution in [3.63, 3.8) is 0 Å². The molecule has 1 aromatic rings. The maximum Gasteiger partial charge on any atom is 0.134 e. The smallest absolute Gasteiger partial charge is 0.134 e. The van der Waals surface area contributed by atoms with Crippen LogP contribution in [0.25, 0.3) is 0 Å². The summed E-state index contributed by atoms with van der Waals surface area (Å²) in [5.41, 5.74) is 6.28. The number of hydrogen-bond donors (Lipinski definition) is 2. The molecular formula is C9H13ClN2O. The Labute approximate surface area is 82.5 Å². The Bertz CT molecular complexity index is 280. The van der Waals surface area contributed by atoms with E-state index in [1.165, 1.54) is 0 Å². The van der Waals surface area contributed by atoms with Crippen molar-refractivity contribution in [1.29, 1.82) is 0 Å². The van der Waals surface area contributed by atoms with E-state index in [-0.39, 0.29) is 6.04 Å². The fourth-order valence-corrected chi connectivity index (χ4v) is 1.30. The quantitative estimate of drug-likeness (QED) is 0.728. The van der Waals surface area contributed by atoms with Gasteiger partial charge in [-0.2, -0.15) is 0 Å². The summed E-state index contributed by atoms with van der Waals surface area (Å²) in [6.07, 6.45) is 1.55. The molecule has 0 aliphatic rings. The van der Waals surface area contributed by atoms with Crippen molar-refractivity contribution < 1.29 is 5.11 Å². The van der Waals surface area contributed by atoms with E-state index in [1.807, 2.05) is 6.92 Å². The van der Waals surface area contributed by atoms with Crippen LogP contribution in [0, 0.1) is 0 Å². The molecule has 0 aliphatic heterocycles. The van der Waals surface area contributed by atoms with Gasteiger partial charge in [0, 0.05) is 17.8 Å². The highest BCUT2D eigenvalue weighted by atomic mass is 35.5. The van der Waals surface area contributed by atoms with Gasteiger partial charge in [-0.05, 0) is 12.5 Å². The molecule has 13 heavy (non-hydrogen) atoms. The normalized spacial score (nSPS) is 15.4. The lowest BCUT2D eigenvalue weighted by atomic mass is 10.0. The lowest BCUT2D eigenvalue weighted by molar-refractivity contribution is 0.144. The van der Waals surface area contributed by atoms with Crippen molar-refractivity contribution in [2.24, 2.45) is 5.73 Å². The molecule has 0 spiro atoms. The molecule has 0 bridgehead atoms. The minimum atomic E-state index is -0.730. The van der Waals surface area contributed by atoms with Gasteiger partial charge in [-0.15, -0.1) is 0 Å². The highest BCUT2D eigenvalue weighted by Crippen LogP contribution is 2.23. The first-order valence-corrected chi connectivity index (χ1v) is 4.58. The molecule has 1 aromatic heterocycles. The van der Waals surface area contributed by atoms with Crippen LogP contribution in [-0.4, -0.2) is 16.1 Å². The first-order chi connectivity index (χ1) is 6.16. The number of aliphatic hydroxyl groups is 1. The van der Waals surface area contributed by atoms with E-state index in [0.29, 0.717) is 17.1 Å². The highest BCUT2D eigenvalue weighted by Gasteiger charge is 2.17. The van der Waals surface area contributed by atoms with Gasteiger partial charge in [-0.1, -0.05) is 24.6 Å². The summed E-state index contributed by atoms with van der Waals surface area (Å²) in [6.45, 7) is 1.91. The summed E-state index contributed by atoms with van der Waals surface area (Å²) in [5.74, 6) is 0. The Hall–Kier alpha value is -0.640. The third kappa shape index (κ3) is 2.40. The fourth-order valence-electron chi connectivity index (χ4n) is 1.07. The van der Waals surface area contributed by atoms with Crippen LogP contribution < -0.4 is 5.73 Å². The Morgan fingerprint density at radius 3 is 2.92 bits per heavy atom. The largest absolute Gasteiger partial charge is 0.387 e. The summed E-state index contributed by atoms with van der Waals surface area (Å²) >= 11 is 5.79. The molecular weight excluding hydrogens is 188 g/mol. The molecule has 0 unspecified atom stereocenters. The molecule has 0 aromatic carbocycles. The summed E-state index contributed by atoms with van der Waals surface area (Å²) in [6, 6.07) is 3.17. The van der Waals surface area contributed by atoms with Gasteiger partial charge in [0.05, 0.1) is 6.10 Å². The van der Waals surface area contributed by atoms with E-state index in [1.54, 1.807) is 18.3 Å². The molecule has 3 nitrogen and oxygen atoms in total. The Balaban J connectivity index is 2.88. The van der Waals surface area contributed by atoms with Crippen LogP contribution >= 0.6 is 11.6 Å². The Morgan fingerprint density at radius 2 is 2.38 bits per heavy atom. The minimum Gasteiger partial charge on any atom is -0.387 e. The van der Waals surface area contributed by atoms with Crippen molar-refractivity contribution >= 4 is 11.6 Å². The van der Waals surface area contributed by atoms with E-state index in [2.05, 4.69) is 4.98 Å². The molecule has 1 heterocycles. The Kier molecular flexibility index (Phi) is 3.66. The zero-order valence-electron chi connectivity index (χ0n) is 7.44. The van der Waals surface area contributed by atoms with Crippen LogP contribution in [0.15, 0.2) is 18.3 Å². The summed E-state index contributed by atoms with van der Waals surface area (Å²) in [7, 11) is 0. The maximum atomic E-state index is 9.72. The number of aromatic nitrogens is 1. The predicted molar refractivity (Wildman–Crippen MR) is 52.5 cm³/mol. The number of hydrogen-bond acceptors (Lipinski definition) is 3. The number of rotatable bonds is 3. The van der Waals surface area contributed by atoms with Gasteiger partial charge >= 0.3 is 0 Å². The molecule has 3 N–H and O–H groups in total. The van der Waals surface area contributed by atoms with Gasteiger partial charge < -0.3 is 10.8 Å². The van der Waals surface area contributed by atoms with Gasteiger partial charge in [0.2, 0.25) is 0 Å². The van der Waals surface area contributed by atoms with Crippen molar-refractivity contribution in [1.82, 2.24) is 4.98 Å². The molecule has 0 radical (unpaired) electrons. The third-order valence-corrected chi connectivity index (χ3v) is 2.30. The first kappa shape index (κ1) is 10.4. The fraction of sp³-hybridized carbons (Fsp3) is 0.444. The van der Waals surface area contributed by atoms with Crippen LogP contribution in [0.5, 0.6) is 0 Å². The molecule has 1 rings (SSSR count). The van der Waals surface area contributed by atoms with Crippen LogP contribution in [0.4, 0.5) is 0 Å². The molecule has 0 amide bonds. The van der Waals surface area contributed by atoms with Gasteiger partial charge in [-0.3, -0.25) is 0 Å². The van der Waals surface area contributed by atoms with Crippen LogP contribution in [0.3, 0.4) is 0 Å². The molecule has 0 aliphatic carbocycles. The molecule has 72 valence electrons. The third-order valence-electron chi connectivity index (χ3n) is 1.98. The molecule has 2 atom stereocenters. The number of halogens is 1. The molecule has 4 heteroatoms. The molecule has 0 saturated heterocycles. The summed E-state index contributed by atoms with van der Waals surface area (Å²) in [4.78, 5) is 3.87. The number of pyridine rings is 1. The zero-order valence-corrected chi connectivity index (χ0v) is 8.20. The Morgan fingerprint density at radius 1 is 1.69 bits per heavy atom. The first-order valence-electron chi connectivity index (χ1n) is 4.21. The van der Waals surface area contributed by atoms with Crippen molar-refractivity contribution in [3.05, 3.63) is 29.0 Å². The second-order valence-corrected chi connectivity index (χ2v) is 3.26. The van der Waals surface area contributed by atoms with E-state index < -0.39 is 6.10 Å². The van der Waals surface area contributed by atoms with Crippen LogP contribution in [0.2, 0.25) is 5.15 Å².